The summed E-state index contributed by atoms with van der Waals surface area (Å²) in [5.74, 6) is -0.670. The fourth-order valence-electron chi connectivity index (χ4n) is 4.70. The number of benzene rings is 2. The SMILES string of the molecule is Cc1cc(-c2cc(CN3CCCOCC3)n3ncnc(N)c23)ccc1NC(=O)Nc1cc(C(F)(F)F)ccc1F. The molecule has 0 bridgehead atoms. The number of hydrogen-bond acceptors (Lipinski definition) is 6. The van der Waals surface area contributed by atoms with E-state index in [9.17, 15) is 22.4 Å². The molecule has 0 aliphatic carbocycles. The van der Waals surface area contributed by atoms with Crippen LogP contribution in [-0.2, 0) is 17.5 Å². The van der Waals surface area contributed by atoms with Crippen LogP contribution in [0.5, 0.6) is 0 Å². The minimum Gasteiger partial charge on any atom is -0.382 e. The molecule has 1 fully saturated rings. The summed E-state index contributed by atoms with van der Waals surface area (Å²) in [6, 6.07) is 8.21. The second kappa shape index (κ2) is 11.1. The van der Waals surface area contributed by atoms with E-state index in [4.69, 9.17) is 10.5 Å². The molecule has 1 saturated heterocycles. The summed E-state index contributed by atoms with van der Waals surface area (Å²) < 4.78 is 60.4. The number of hydrogen-bond donors (Lipinski definition) is 3. The van der Waals surface area contributed by atoms with Crippen molar-refractivity contribution in [3.63, 3.8) is 0 Å². The number of amides is 2. The van der Waals surface area contributed by atoms with Crippen LogP contribution in [0.2, 0.25) is 0 Å². The number of halogens is 4. The normalized spacial score (nSPS) is 14.7. The molecule has 2 aromatic carbocycles. The van der Waals surface area contributed by atoms with Crippen molar-refractivity contribution in [3.8, 4) is 11.1 Å². The zero-order chi connectivity index (χ0) is 28.4. The number of urea groups is 1. The third-order valence-electron chi connectivity index (χ3n) is 6.68. The van der Waals surface area contributed by atoms with Crippen molar-refractivity contribution in [2.24, 2.45) is 0 Å². The number of aryl methyl sites for hydroxylation is 1. The van der Waals surface area contributed by atoms with Crippen LogP contribution in [0.25, 0.3) is 16.6 Å². The summed E-state index contributed by atoms with van der Waals surface area (Å²) >= 11 is 0. The Morgan fingerprint density at radius 3 is 2.65 bits per heavy atom. The van der Waals surface area contributed by atoms with Gasteiger partial charge in [0.25, 0.3) is 0 Å². The summed E-state index contributed by atoms with van der Waals surface area (Å²) in [6.07, 6.45) is -2.33. The minimum absolute atomic E-state index is 0.317. The monoisotopic (exact) mass is 557 g/mol. The Morgan fingerprint density at radius 2 is 1.88 bits per heavy atom. The fraction of sp³-hybridized carbons (Fsp3) is 0.296. The van der Waals surface area contributed by atoms with E-state index >= 15 is 0 Å². The molecule has 0 unspecified atom stereocenters. The number of carbonyl (C=O) groups excluding carboxylic acids is 1. The number of nitrogens with one attached hydrogen (secondary N) is 2. The molecule has 2 aromatic heterocycles. The molecule has 4 N–H and O–H groups in total. The number of ether oxygens (including phenoxy) is 1. The predicted octanol–water partition coefficient (Wildman–Crippen LogP) is 5.31. The molecule has 0 spiro atoms. The van der Waals surface area contributed by atoms with Crippen LogP contribution in [0.4, 0.5) is 39.5 Å². The molecule has 1 aliphatic heterocycles. The maximum atomic E-state index is 14.1. The Bertz CT molecular complexity index is 1550. The summed E-state index contributed by atoms with van der Waals surface area (Å²) in [6.45, 7) is 5.50. The molecule has 9 nitrogen and oxygen atoms in total. The van der Waals surface area contributed by atoms with Gasteiger partial charge in [0, 0.05) is 37.5 Å². The van der Waals surface area contributed by atoms with Crippen LogP contribution in [0, 0.1) is 12.7 Å². The van der Waals surface area contributed by atoms with Gasteiger partial charge in [-0.1, -0.05) is 6.07 Å². The van der Waals surface area contributed by atoms with E-state index in [1.165, 1.54) is 6.33 Å². The second-order valence-electron chi connectivity index (χ2n) is 9.50. The summed E-state index contributed by atoms with van der Waals surface area (Å²) in [4.78, 5) is 19.0. The van der Waals surface area contributed by atoms with Gasteiger partial charge in [0.2, 0.25) is 0 Å². The highest BCUT2D eigenvalue weighted by Crippen LogP contribution is 2.34. The lowest BCUT2D eigenvalue weighted by atomic mass is 10.0. The standard InChI is InChI=1S/C27H27F4N7O2/c1-16-11-17(3-6-22(16)35-26(39)36-23-12-18(27(29,30)31)4-5-21(23)28)20-13-19(14-37-7-2-9-40-10-8-37)38-24(20)25(32)33-15-34-38/h3-6,11-13,15H,2,7-10,14H2,1H3,(H2,32,33,34)(H2,35,36,39). The Balaban J connectivity index is 1.38. The first-order valence-electron chi connectivity index (χ1n) is 12.6. The van der Waals surface area contributed by atoms with Crippen LogP contribution in [-0.4, -0.2) is 51.8 Å². The first-order chi connectivity index (χ1) is 19.1. The van der Waals surface area contributed by atoms with Crippen molar-refractivity contribution >= 4 is 28.7 Å². The predicted molar refractivity (Wildman–Crippen MR) is 142 cm³/mol. The first kappa shape index (κ1) is 27.3. The van der Waals surface area contributed by atoms with E-state index in [0.717, 1.165) is 42.9 Å². The average Bonchev–Trinajstić information content (AvgIpc) is 3.07. The number of nitrogens with two attached hydrogens (primary N) is 1. The van der Waals surface area contributed by atoms with Gasteiger partial charge < -0.3 is 21.1 Å². The quantitative estimate of drug-likeness (QED) is 0.287. The molecule has 5 rings (SSSR count). The van der Waals surface area contributed by atoms with Gasteiger partial charge in [0.1, 0.15) is 17.7 Å². The lowest BCUT2D eigenvalue weighted by Gasteiger charge is -2.18. The lowest BCUT2D eigenvalue weighted by Crippen LogP contribution is -2.26. The molecule has 13 heteroatoms. The Morgan fingerprint density at radius 1 is 1.07 bits per heavy atom. The number of fused-ring (bicyclic) bond motifs is 1. The maximum absolute atomic E-state index is 14.1. The first-order valence-corrected chi connectivity index (χ1v) is 12.6. The average molecular weight is 558 g/mol. The highest BCUT2D eigenvalue weighted by Gasteiger charge is 2.31. The molecular weight excluding hydrogens is 530 g/mol. The van der Waals surface area contributed by atoms with E-state index in [-0.39, 0.29) is 0 Å². The number of aromatic nitrogens is 3. The Kier molecular flexibility index (Phi) is 7.59. The number of nitrogens with zero attached hydrogens (tertiary/aromatic N) is 4. The molecule has 1 aliphatic rings. The van der Waals surface area contributed by atoms with Crippen molar-refractivity contribution in [1.82, 2.24) is 19.5 Å². The van der Waals surface area contributed by atoms with Gasteiger partial charge in [-0.25, -0.2) is 18.7 Å². The number of carbonyl (C=O) groups is 1. The zero-order valence-electron chi connectivity index (χ0n) is 21.6. The third-order valence-corrected chi connectivity index (χ3v) is 6.68. The van der Waals surface area contributed by atoms with E-state index in [1.54, 1.807) is 23.6 Å². The van der Waals surface area contributed by atoms with Crippen LogP contribution >= 0.6 is 0 Å². The van der Waals surface area contributed by atoms with Gasteiger partial charge in [-0.2, -0.15) is 18.3 Å². The molecule has 0 atom stereocenters. The summed E-state index contributed by atoms with van der Waals surface area (Å²) in [5, 5.41) is 9.14. The van der Waals surface area contributed by atoms with E-state index in [1.807, 2.05) is 12.1 Å². The molecule has 210 valence electrons. The smallest absolute Gasteiger partial charge is 0.382 e. The summed E-state index contributed by atoms with van der Waals surface area (Å²) in [5.41, 5.74) is 8.85. The highest BCUT2D eigenvalue weighted by molar-refractivity contribution is 6.00. The highest BCUT2D eigenvalue weighted by atomic mass is 19.4. The van der Waals surface area contributed by atoms with Gasteiger partial charge in [-0.05, 0) is 60.9 Å². The van der Waals surface area contributed by atoms with Gasteiger partial charge in [-0.3, -0.25) is 4.90 Å². The van der Waals surface area contributed by atoms with Crippen LogP contribution in [0.3, 0.4) is 0 Å². The Labute approximate surface area is 226 Å². The van der Waals surface area contributed by atoms with Gasteiger partial charge >= 0.3 is 12.2 Å². The topological polar surface area (TPSA) is 110 Å². The van der Waals surface area contributed by atoms with Crippen molar-refractivity contribution < 1.29 is 27.1 Å². The van der Waals surface area contributed by atoms with Gasteiger partial charge in [0.05, 0.1) is 23.6 Å². The van der Waals surface area contributed by atoms with E-state index in [0.29, 0.717) is 53.9 Å². The van der Waals surface area contributed by atoms with Crippen molar-refractivity contribution in [3.05, 3.63) is 71.4 Å². The van der Waals surface area contributed by atoms with Gasteiger partial charge in [-0.15, -0.1) is 0 Å². The molecule has 2 amide bonds. The maximum Gasteiger partial charge on any atom is 0.416 e. The van der Waals surface area contributed by atoms with Crippen molar-refractivity contribution in [1.29, 1.82) is 0 Å². The number of nitrogen functional groups attached to an aromatic ring is 1. The van der Waals surface area contributed by atoms with E-state index in [2.05, 4.69) is 25.6 Å². The van der Waals surface area contributed by atoms with E-state index < -0.39 is 29.3 Å². The number of rotatable bonds is 5. The van der Waals surface area contributed by atoms with Crippen LogP contribution < -0.4 is 16.4 Å². The van der Waals surface area contributed by atoms with Crippen molar-refractivity contribution in [2.75, 3.05) is 42.7 Å². The lowest BCUT2D eigenvalue weighted by molar-refractivity contribution is -0.137. The minimum atomic E-state index is -4.67. The molecule has 4 aromatic rings. The number of alkyl halides is 3. The Hall–Kier alpha value is -4.23. The largest absolute Gasteiger partial charge is 0.416 e. The summed E-state index contributed by atoms with van der Waals surface area (Å²) in [7, 11) is 0. The molecule has 0 saturated carbocycles. The molecule has 3 heterocycles. The second-order valence-corrected chi connectivity index (χ2v) is 9.50. The van der Waals surface area contributed by atoms with Crippen LogP contribution in [0.15, 0.2) is 48.8 Å². The molecule has 40 heavy (non-hydrogen) atoms. The molecular formula is C27H27F4N7O2. The van der Waals surface area contributed by atoms with Gasteiger partial charge in [0.15, 0.2) is 5.82 Å². The molecule has 0 radical (unpaired) electrons. The van der Waals surface area contributed by atoms with Crippen LogP contribution in [0.1, 0.15) is 23.2 Å². The fourth-order valence-corrected chi connectivity index (χ4v) is 4.70. The number of anilines is 3. The zero-order valence-corrected chi connectivity index (χ0v) is 21.6. The third kappa shape index (κ3) is 5.84. The van der Waals surface area contributed by atoms with Crippen molar-refractivity contribution in [2.45, 2.75) is 26.1 Å².